The van der Waals surface area contributed by atoms with Crippen LogP contribution in [0, 0.1) is 12.5 Å². The van der Waals surface area contributed by atoms with Gasteiger partial charge in [-0.25, -0.2) is 12.4 Å². The summed E-state index contributed by atoms with van der Waals surface area (Å²) in [4.78, 5) is 14.1. The average molecular weight is 139 g/mol. The Bertz CT molecular complexity index is 184. The van der Waals surface area contributed by atoms with E-state index in [-0.39, 0.29) is 17.9 Å². The van der Waals surface area contributed by atoms with Gasteiger partial charge >= 0.3 is 0 Å². The molecule has 0 saturated heterocycles. The summed E-state index contributed by atoms with van der Waals surface area (Å²) in [6, 6.07) is -0.122. The first-order chi connectivity index (χ1) is 4.79. The van der Waals surface area contributed by atoms with E-state index in [0.29, 0.717) is 0 Å². The molecule has 0 spiro atoms. The van der Waals surface area contributed by atoms with Crippen molar-refractivity contribution in [1.29, 1.82) is 0 Å². The number of hydrogen-bond donors (Lipinski definition) is 2. The molecule has 0 radical (unpaired) electrons. The topological polar surface area (TPSA) is 59.5 Å². The first-order valence-electron chi connectivity index (χ1n) is 3.16. The molecule has 0 unspecified atom stereocenters. The SMILES string of the molecule is [C-]#[N+][C@@H]1CC[C@@H]1C(=O)NN. The molecule has 0 bridgehead atoms. The summed E-state index contributed by atoms with van der Waals surface area (Å²) in [5, 5.41) is 0. The highest BCUT2D eigenvalue weighted by Crippen LogP contribution is 2.30. The van der Waals surface area contributed by atoms with Crippen molar-refractivity contribution in [3.63, 3.8) is 0 Å². The zero-order valence-electron chi connectivity index (χ0n) is 5.50. The first-order valence-corrected chi connectivity index (χ1v) is 3.16. The van der Waals surface area contributed by atoms with Gasteiger partial charge in [0.1, 0.15) is 5.92 Å². The summed E-state index contributed by atoms with van der Waals surface area (Å²) in [6.07, 6.45) is 1.64. The fourth-order valence-corrected chi connectivity index (χ4v) is 1.05. The molecular formula is C6H9N3O. The van der Waals surface area contributed by atoms with E-state index in [0.717, 1.165) is 12.8 Å². The fourth-order valence-electron chi connectivity index (χ4n) is 1.05. The summed E-state index contributed by atoms with van der Waals surface area (Å²) in [5.41, 5.74) is 2.05. The zero-order chi connectivity index (χ0) is 7.56. The van der Waals surface area contributed by atoms with E-state index in [4.69, 9.17) is 12.4 Å². The van der Waals surface area contributed by atoms with Crippen LogP contribution in [0.4, 0.5) is 0 Å². The van der Waals surface area contributed by atoms with E-state index in [2.05, 4.69) is 4.85 Å². The van der Waals surface area contributed by atoms with E-state index < -0.39 is 0 Å². The van der Waals surface area contributed by atoms with Gasteiger partial charge in [0.05, 0.1) is 0 Å². The van der Waals surface area contributed by atoms with Gasteiger partial charge in [-0.1, -0.05) is 0 Å². The Morgan fingerprint density at radius 2 is 2.40 bits per heavy atom. The van der Waals surface area contributed by atoms with Gasteiger partial charge in [-0.05, 0) is 6.42 Å². The summed E-state index contributed by atoms with van der Waals surface area (Å²) >= 11 is 0. The highest BCUT2D eigenvalue weighted by molar-refractivity contribution is 5.80. The molecule has 0 heterocycles. The van der Waals surface area contributed by atoms with E-state index >= 15 is 0 Å². The van der Waals surface area contributed by atoms with Crippen LogP contribution in [0.5, 0.6) is 0 Å². The fraction of sp³-hybridized carbons (Fsp3) is 0.667. The Morgan fingerprint density at radius 3 is 2.70 bits per heavy atom. The van der Waals surface area contributed by atoms with Crippen LogP contribution >= 0.6 is 0 Å². The second-order valence-electron chi connectivity index (χ2n) is 2.39. The van der Waals surface area contributed by atoms with Crippen molar-refractivity contribution in [2.45, 2.75) is 18.9 Å². The normalized spacial score (nSPS) is 30.0. The Hall–Kier alpha value is -1.08. The van der Waals surface area contributed by atoms with Crippen molar-refractivity contribution in [3.8, 4) is 0 Å². The van der Waals surface area contributed by atoms with Crippen LogP contribution < -0.4 is 11.3 Å². The average Bonchev–Trinajstić information content (AvgIpc) is 1.86. The minimum Gasteiger partial charge on any atom is -0.313 e. The van der Waals surface area contributed by atoms with Crippen molar-refractivity contribution in [2.75, 3.05) is 0 Å². The highest BCUT2D eigenvalue weighted by atomic mass is 16.2. The van der Waals surface area contributed by atoms with Gasteiger partial charge in [0.2, 0.25) is 11.9 Å². The number of carbonyl (C=O) groups excluding carboxylic acids is 1. The molecule has 4 heteroatoms. The molecular weight excluding hydrogens is 130 g/mol. The van der Waals surface area contributed by atoms with Crippen molar-refractivity contribution in [3.05, 3.63) is 11.4 Å². The number of nitrogens with two attached hydrogens (primary N) is 1. The van der Waals surface area contributed by atoms with Crippen LogP contribution in [-0.4, -0.2) is 11.9 Å². The smallest absolute Gasteiger partial charge is 0.244 e. The molecule has 4 nitrogen and oxygen atoms in total. The predicted octanol–water partition coefficient (Wildman–Crippen LogP) is -0.326. The van der Waals surface area contributed by atoms with Gasteiger partial charge in [-0.15, -0.1) is 0 Å². The largest absolute Gasteiger partial charge is 0.313 e. The monoisotopic (exact) mass is 139 g/mol. The number of nitrogens with zero attached hydrogens (tertiary/aromatic N) is 1. The van der Waals surface area contributed by atoms with Gasteiger partial charge in [0, 0.05) is 6.42 Å². The van der Waals surface area contributed by atoms with Crippen LogP contribution in [-0.2, 0) is 4.79 Å². The lowest BCUT2D eigenvalue weighted by atomic mass is 9.79. The number of nitrogens with one attached hydrogen (secondary N) is 1. The van der Waals surface area contributed by atoms with Gasteiger partial charge in [-0.3, -0.25) is 10.2 Å². The molecule has 1 aliphatic carbocycles. The quantitative estimate of drug-likeness (QED) is 0.226. The summed E-state index contributed by atoms with van der Waals surface area (Å²) in [5.74, 6) is 4.54. The minimum absolute atomic E-state index is 0.122. The van der Waals surface area contributed by atoms with E-state index in [1.54, 1.807) is 0 Å². The molecule has 0 aromatic carbocycles. The maximum absolute atomic E-state index is 10.8. The summed E-state index contributed by atoms with van der Waals surface area (Å²) in [7, 11) is 0. The van der Waals surface area contributed by atoms with E-state index in [9.17, 15) is 4.79 Å². The molecule has 0 aliphatic heterocycles. The number of rotatable bonds is 1. The van der Waals surface area contributed by atoms with Gasteiger partial charge in [0.25, 0.3) is 0 Å². The molecule has 3 N–H and O–H groups in total. The predicted molar refractivity (Wildman–Crippen MR) is 35.4 cm³/mol. The van der Waals surface area contributed by atoms with Crippen LogP contribution in [0.1, 0.15) is 12.8 Å². The molecule has 1 aliphatic rings. The molecule has 1 amide bonds. The minimum atomic E-state index is -0.202. The van der Waals surface area contributed by atoms with Crippen molar-refractivity contribution < 1.29 is 4.79 Å². The van der Waals surface area contributed by atoms with Crippen LogP contribution in [0.3, 0.4) is 0 Å². The van der Waals surface area contributed by atoms with Crippen molar-refractivity contribution >= 4 is 5.91 Å². The van der Waals surface area contributed by atoms with E-state index in [1.807, 2.05) is 5.43 Å². The zero-order valence-corrected chi connectivity index (χ0v) is 5.50. The number of hydrogen-bond acceptors (Lipinski definition) is 2. The summed E-state index contributed by atoms with van der Waals surface area (Å²) < 4.78 is 0. The Balaban J connectivity index is 2.44. The third-order valence-electron chi connectivity index (χ3n) is 1.88. The molecule has 54 valence electrons. The standard InChI is InChI=1S/C6H9N3O/c1-8-5-3-2-4(5)6(10)9-7/h4-5H,2-3,7H2,(H,9,10)/t4-,5+/m0/s1. The van der Waals surface area contributed by atoms with Gasteiger partial charge in [-0.2, -0.15) is 0 Å². The molecule has 0 aromatic rings. The first kappa shape index (κ1) is 7.03. The summed E-state index contributed by atoms with van der Waals surface area (Å²) in [6.45, 7) is 6.66. The van der Waals surface area contributed by atoms with E-state index in [1.165, 1.54) is 0 Å². The highest BCUT2D eigenvalue weighted by Gasteiger charge is 2.41. The molecule has 0 aromatic heterocycles. The van der Waals surface area contributed by atoms with Crippen LogP contribution in [0.15, 0.2) is 0 Å². The molecule has 1 saturated carbocycles. The molecule has 1 fully saturated rings. The number of carbonyl (C=O) groups is 1. The van der Waals surface area contributed by atoms with Gasteiger partial charge in [0.15, 0.2) is 0 Å². The van der Waals surface area contributed by atoms with Crippen LogP contribution in [0.2, 0.25) is 0 Å². The second kappa shape index (κ2) is 2.67. The maximum Gasteiger partial charge on any atom is 0.244 e. The lowest BCUT2D eigenvalue weighted by Crippen LogP contribution is -2.45. The Kier molecular flexibility index (Phi) is 1.88. The van der Waals surface area contributed by atoms with Crippen molar-refractivity contribution in [2.24, 2.45) is 11.8 Å². The Morgan fingerprint density at radius 1 is 1.70 bits per heavy atom. The second-order valence-corrected chi connectivity index (χ2v) is 2.39. The molecule has 1 rings (SSSR count). The molecule has 2 atom stereocenters. The molecule has 10 heavy (non-hydrogen) atoms. The lowest BCUT2D eigenvalue weighted by molar-refractivity contribution is -0.127. The number of amides is 1. The Labute approximate surface area is 59.2 Å². The van der Waals surface area contributed by atoms with Crippen LogP contribution in [0.25, 0.3) is 4.85 Å². The van der Waals surface area contributed by atoms with Gasteiger partial charge < -0.3 is 4.85 Å². The van der Waals surface area contributed by atoms with Crippen molar-refractivity contribution in [1.82, 2.24) is 5.43 Å². The maximum atomic E-state index is 10.8. The third-order valence-corrected chi connectivity index (χ3v) is 1.88. The number of hydrazine groups is 1. The lowest BCUT2D eigenvalue weighted by Gasteiger charge is -2.24. The third kappa shape index (κ3) is 0.957.